The second-order valence-electron chi connectivity index (χ2n) is 7.05. The van der Waals surface area contributed by atoms with Gasteiger partial charge in [0.2, 0.25) is 5.91 Å². The fourth-order valence-electron chi connectivity index (χ4n) is 3.71. The van der Waals surface area contributed by atoms with E-state index in [1.54, 1.807) is 0 Å². The molecule has 0 bridgehead atoms. The number of hydrogen-bond donors (Lipinski definition) is 2. The van der Waals surface area contributed by atoms with E-state index in [1.165, 1.54) is 37.9 Å². The average molecular weight is 339 g/mol. The first-order chi connectivity index (χ1) is 11.2. The lowest BCUT2D eigenvalue weighted by molar-refractivity contribution is -0.122. The van der Waals surface area contributed by atoms with Crippen molar-refractivity contribution >= 4 is 23.6 Å². The summed E-state index contributed by atoms with van der Waals surface area (Å²) in [6.07, 6.45) is 8.98. The molecular formula is C17H30N4OS. The maximum absolute atomic E-state index is 11.6. The molecule has 0 aromatic rings. The van der Waals surface area contributed by atoms with Crippen molar-refractivity contribution in [2.45, 2.75) is 49.7 Å². The van der Waals surface area contributed by atoms with Crippen molar-refractivity contribution in [3.8, 4) is 0 Å². The quantitative estimate of drug-likeness (QED) is 0.467. The molecule has 1 amide bonds. The molecule has 23 heavy (non-hydrogen) atoms. The van der Waals surface area contributed by atoms with Gasteiger partial charge < -0.3 is 15.5 Å². The molecule has 2 saturated carbocycles. The number of thioether (sulfide) groups is 1. The molecule has 3 aliphatic rings. The highest BCUT2D eigenvalue weighted by molar-refractivity contribution is 8.00. The minimum absolute atomic E-state index is 0.220. The number of rotatable bonds is 4. The van der Waals surface area contributed by atoms with Crippen LogP contribution >= 0.6 is 11.8 Å². The highest BCUT2D eigenvalue weighted by Crippen LogP contribution is 2.42. The number of carbonyl (C=O) groups is 1. The zero-order valence-electron chi connectivity index (χ0n) is 14.3. The van der Waals surface area contributed by atoms with Gasteiger partial charge in [-0.3, -0.25) is 9.79 Å². The number of amides is 1. The molecular weight excluding hydrogens is 308 g/mol. The van der Waals surface area contributed by atoms with Crippen LogP contribution in [0, 0.1) is 5.92 Å². The lowest BCUT2D eigenvalue weighted by atomic mass is 9.87. The van der Waals surface area contributed by atoms with Gasteiger partial charge in [-0.25, -0.2) is 0 Å². The summed E-state index contributed by atoms with van der Waals surface area (Å²) in [6.45, 7) is 3.62. The minimum Gasteiger partial charge on any atom is -0.354 e. The molecule has 2 N–H and O–H groups in total. The fraction of sp³-hybridized carbons (Fsp3) is 0.882. The van der Waals surface area contributed by atoms with Gasteiger partial charge in [0.1, 0.15) is 0 Å². The first-order valence-corrected chi connectivity index (χ1v) is 10.1. The lowest BCUT2D eigenvalue weighted by Crippen LogP contribution is -2.54. The molecule has 1 aliphatic heterocycles. The van der Waals surface area contributed by atoms with Crippen LogP contribution in [0.5, 0.6) is 0 Å². The van der Waals surface area contributed by atoms with Gasteiger partial charge in [0.25, 0.3) is 0 Å². The monoisotopic (exact) mass is 338 g/mol. The van der Waals surface area contributed by atoms with Crippen molar-refractivity contribution in [3.63, 3.8) is 0 Å². The number of aliphatic imine (C=N–C) groups is 1. The predicted molar refractivity (Wildman–Crippen MR) is 96.9 cm³/mol. The lowest BCUT2D eigenvalue weighted by Gasteiger charge is -2.45. The molecule has 0 aromatic heterocycles. The van der Waals surface area contributed by atoms with Crippen LogP contribution in [0.4, 0.5) is 0 Å². The van der Waals surface area contributed by atoms with Crippen LogP contribution < -0.4 is 10.6 Å². The molecule has 1 saturated heterocycles. The minimum atomic E-state index is 0.220. The van der Waals surface area contributed by atoms with Gasteiger partial charge in [-0.2, -0.15) is 11.8 Å². The van der Waals surface area contributed by atoms with E-state index in [0.29, 0.717) is 17.2 Å². The SMILES string of the molecule is CN=C(NCCNC(=O)C1CC1)N1CCSC2(CCCCC2)C1. The molecule has 5 nitrogen and oxygen atoms in total. The molecule has 6 heteroatoms. The van der Waals surface area contributed by atoms with Gasteiger partial charge in [-0.1, -0.05) is 19.3 Å². The first-order valence-electron chi connectivity index (χ1n) is 9.10. The van der Waals surface area contributed by atoms with Crippen LogP contribution in [0.15, 0.2) is 4.99 Å². The molecule has 2 aliphatic carbocycles. The number of carbonyl (C=O) groups excluding carboxylic acids is 1. The zero-order valence-corrected chi connectivity index (χ0v) is 15.1. The van der Waals surface area contributed by atoms with Crippen LogP contribution in [0.2, 0.25) is 0 Å². The summed E-state index contributed by atoms with van der Waals surface area (Å²) in [4.78, 5) is 18.5. The number of guanidine groups is 1. The van der Waals surface area contributed by atoms with E-state index in [9.17, 15) is 4.79 Å². The van der Waals surface area contributed by atoms with E-state index in [2.05, 4.69) is 32.3 Å². The summed E-state index contributed by atoms with van der Waals surface area (Å²) in [6, 6.07) is 0. The van der Waals surface area contributed by atoms with Crippen LogP contribution in [-0.2, 0) is 4.79 Å². The molecule has 0 atom stereocenters. The third-order valence-corrected chi connectivity index (χ3v) is 6.72. The highest BCUT2D eigenvalue weighted by Gasteiger charge is 2.38. The topological polar surface area (TPSA) is 56.7 Å². The van der Waals surface area contributed by atoms with Crippen LogP contribution in [0.1, 0.15) is 44.9 Å². The van der Waals surface area contributed by atoms with Crippen LogP contribution in [0.3, 0.4) is 0 Å². The molecule has 3 fully saturated rings. The Labute approximate surface area is 144 Å². The Bertz CT molecular complexity index is 438. The molecule has 0 radical (unpaired) electrons. The van der Waals surface area contributed by atoms with Crippen LogP contribution in [0.25, 0.3) is 0 Å². The van der Waals surface area contributed by atoms with Crippen molar-refractivity contribution < 1.29 is 4.79 Å². The summed E-state index contributed by atoms with van der Waals surface area (Å²) in [7, 11) is 1.86. The van der Waals surface area contributed by atoms with E-state index in [0.717, 1.165) is 38.4 Å². The average Bonchev–Trinajstić information content (AvgIpc) is 3.40. The van der Waals surface area contributed by atoms with Gasteiger partial charge in [0.15, 0.2) is 5.96 Å². The Morgan fingerprint density at radius 1 is 1.22 bits per heavy atom. The number of hydrogen-bond acceptors (Lipinski definition) is 3. The second-order valence-corrected chi connectivity index (χ2v) is 8.62. The Hall–Kier alpha value is -0.910. The van der Waals surface area contributed by atoms with E-state index in [1.807, 2.05) is 7.05 Å². The Morgan fingerprint density at radius 3 is 2.65 bits per heavy atom. The molecule has 0 aromatic carbocycles. The third-order valence-electron chi connectivity index (χ3n) is 5.18. The van der Waals surface area contributed by atoms with Crippen molar-refractivity contribution in [2.24, 2.45) is 10.9 Å². The van der Waals surface area contributed by atoms with Gasteiger partial charge >= 0.3 is 0 Å². The standard InChI is InChI=1S/C17H30N4OS/c1-18-16(20-10-9-19-15(22)14-5-6-14)21-11-12-23-17(13-21)7-3-2-4-8-17/h14H,2-13H2,1H3,(H,18,20)(H,19,22). The number of nitrogens with one attached hydrogen (secondary N) is 2. The summed E-state index contributed by atoms with van der Waals surface area (Å²) in [5, 5.41) is 6.43. The molecule has 0 unspecified atom stereocenters. The summed E-state index contributed by atoms with van der Waals surface area (Å²) >= 11 is 2.18. The van der Waals surface area contributed by atoms with Gasteiger partial charge in [0.05, 0.1) is 0 Å². The molecule has 3 rings (SSSR count). The van der Waals surface area contributed by atoms with Gasteiger partial charge in [-0.15, -0.1) is 0 Å². The van der Waals surface area contributed by atoms with Crippen molar-refractivity contribution in [1.82, 2.24) is 15.5 Å². The molecule has 130 valence electrons. The van der Waals surface area contributed by atoms with E-state index in [-0.39, 0.29) is 5.91 Å². The van der Waals surface area contributed by atoms with Gasteiger partial charge in [0, 0.05) is 49.6 Å². The Morgan fingerprint density at radius 2 is 1.96 bits per heavy atom. The predicted octanol–water partition coefficient (Wildman–Crippen LogP) is 1.84. The van der Waals surface area contributed by atoms with E-state index < -0.39 is 0 Å². The summed E-state index contributed by atoms with van der Waals surface area (Å²) in [5.74, 6) is 2.70. The van der Waals surface area contributed by atoms with Crippen molar-refractivity contribution in [2.75, 3.05) is 39.0 Å². The maximum Gasteiger partial charge on any atom is 0.223 e. The Kier molecular flexibility index (Phi) is 5.72. The number of nitrogens with zero attached hydrogens (tertiary/aromatic N) is 2. The highest BCUT2D eigenvalue weighted by atomic mass is 32.2. The summed E-state index contributed by atoms with van der Waals surface area (Å²) < 4.78 is 0.453. The van der Waals surface area contributed by atoms with Crippen molar-refractivity contribution in [1.29, 1.82) is 0 Å². The molecule has 1 spiro atoms. The fourth-order valence-corrected chi connectivity index (χ4v) is 5.28. The van der Waals surface area contributed by atoms with Crippen molar-refractivity contribution in [3.05, 3.63) is 0 Å². The maximum atomic E-state index is 11.6. The largest absolute Gasteiger partial charge is 0.354 e. The smallest absolute Gasteiger partial charge is 0.223 e. The molecule has 1 heterocycles. The van der Waals surface area contributed by atoms with Gasteiger partial charge in [-0.05, 0) is 25.7 Å². The van der Waals surface area contributed by atoms with E-state index in [4.69, 9.17) is 0 Å². The third kappa shape index (κ3) is 4.55. The van der Waals surface area contributed by atoms with Crippen LogP contribution in [-0.4, -0.2) is 60.5 Å². The second kappa shape index (κ2) is 7.77. The first kappa shape index (κ1) is 16.9. The summed E-state index contributed by atoms with van der Waals surface area (Å²) in [5.41, 5.74) is 0. The Balaban J connectivity index is 1.44. The normalized spacial score (nSPS) is 24.6. The van der Waals surface area contributed by atoms with E-state index >= 15 is 0 Å². The zero-order chi connectivity index (χ0) is 16.1.